The average Bonchev–Trinajstić information content (AvgIpc) is 2.86. The number of benzene rings is 2. The van der Waals surface area contributed by atoms with Crippen molar-refractivity contribution in [3.63, 3.8) is 0 Å². The number of nitrogens with one attached hydrogen (secondary N) is 1. The molecule has 6 heteroatoms. The molecule has 0 saturated carbocycles. The molecule has 1 heterocycles. The van der Waals surface area contributed by atoms with E-state index in [4.69, 9.17) is 46.4 Å². The average molecular weight is 386 g/mol. The van der Waals surface area contributed by atoms with E-state index in [1.165, 1.54) is 0 Å². The highest BCUT2D eigenvalue weighted by atomic mass is 35.5. The molecule has 0 bridgehead atoms. The molecule has 0 spiro atoms. The van der Waals surface area contributed by atoms with Gasteiger partial charge in [-0.1, -0.05) is 64.6 Å². The molecule has 23 heavy (non-hydrogen) atoms. The quantitative estimate of drug-likeness (QED) is 0.506. The number of imidazole rings is 1. The molecule has 3 aromatic rings. The lowest BCUT2D eigenvalue weighted by Gasteiger charge is -2.05. The molecule has 1 N–H and O–H groups in total. The van der Waals surface area contributed by atoms with Crippen molar-refractivity contribution in [2.45, 2.75) is 13.3 Å². The molecular weight excluding hydrogens is 374 g/mol. The Morgan fingerprint density at radius 1 is 0.913 bits per heavy atom. The largest absolute Gasteiger partial charge is 0.345 e. The van der Waals surface area contributed by atoms with Gasteiger partial charge in [0.15, 0.2) is 0 Å². The minimum Gasteiger partial charge on any atom is -0.345 e. The first kappa shape index (κ1) is 16.7. The molecule has 0 aliphatic rings. The number of rotatable bonds is 3. The van der Waals surface area contributed by atoms with Gasteiger partial charge in [0.05, 0.1) is 20.8 Å². The monoisotopic (exact) mass is 384 g/mol. The summed E-state index contributed by atoms with van der Waals surface area (Å²) < 4.78 is 0. The molecule has 0 saturated heterocycles. The fourth-order valence-electron chi connectivity index (χ4n) is 2.39. The van der Waals surface area contributed by atoms with E-state index in [1.54, 1.807) is 12.1 Å². The Morgan fingerprint density at radius 3 is 2.35 bits per heavy atom. The Hall–Kier alpha value is -1.19. The summed E-state index contributed by atoms with van der Waals surface area (Å²) in [6.45, 7) is 1.94. The van der Waals surface area contributed by atoms with Gasteiger partial charge in [0.25, 0.3) is 0 Å². The Labute approximate surface area is 154 Å². The smallest absolute Gasteiger partial charge is 0.111 e. The van der Waals surface area contributed by atoms with Crippen molar-refractivity contribution in [2.75, 3.05) is 0 Å². The molecule has 3 rings (SSSR count). The number of aryl methyl sites for hydroxylation is 1. The van der Waals surface area contributed by atoms with Crippen LogP contribution in [0, 0.1) is 6.92 Å². The van der Waals surface area contributed by atoms with Crippen LogP contribution in [-0.4, -0.2) is 9.97 Å². The summed E-state index contributed by atoms with van der Waals surface area (Å²) in [6.07, 6.45) is 0.611. The van der Waals surface area contributed by atoms with Crippen LogP contribution < -0.4 is 0 Å². The lowest BCUT2D eigenvalue weighted by atomic mass is 10.1. The number of hydrogen-bond donors (Lipinski definition) is 1. The van der Waals surface area contributed by atoms with Crippen molar-refractivity contribution in [3.8, 4) is 11.3 Å². The maximum absolute atomic E-state index is 6.28. The molecular formula is C17H12Cl4N2. The van der Waals surface area contributed by atoms with Crippen LogP contribution in [0.5, 0.6) is 0 Å². The molecule has 0 aliphatic carbocycles. The van der Waals surface area contributed by atoms with Gasteiger partial charge in [0, 0.05) is 22.7 Å². The van der Waals surface area contributed by atoms with Crippen LogP contribution in [-0.2, 0) is 6.42 Å². The van der Waals surface area contributed by atoms with E-state index < -0.39 is 0 Å². The third-order valence-corrected chi connectivity index (χ3v) is 4.92. The summed E-state index contributed by atoms with van der Waals surface area (Å²) in [7, 11) is 0. The number of aromatic nitrogens is 2. The van der Waals surface area contributed by atoms with Gasteiger partial charge in [-0.05, 0) is 30.7 Å². The molecule has 1 aromatic heterocycles. The van der Waals surface area contributed by atoms with Crippen LogP contribution in [0.25, 0.3) is 11.3 Å². The van der Waals surface area contributed by atoms with Gasteiger partial charge in [-0.25, -0.2) is 4.98 Å². The van der Waals surface area contributed by atoms with E-state index in [1.807, 2.05) is 31.2 Å². The van der Waals surface area contributed by atoms with Gasteiger partial charge in [-0.3, -0.25) is 0 Å². The molecule has 0 atom stereocenters. The number of H-pyrrole nitrogens is 1. The number of aromatic amines is 1. The van der Waals surface area contributed by atoms with Gasteiger partial charge in [-0.2, -0.15) is 0 Å². The summed E-state index contributed by atoms with van der Waals surface area (Å²) in [5.41, 5.74) is 3.43. The molecule has 118 valence electrons. The van der Waals surface area contributed by atoms with E-state index in [0.717, 1.165) is 33.4 Å². The zero-order valence-electron chi connectivity index (χ0n) is 12.1. The van der Waals surface area contributed by atoms with Gasteiger partial charge in [0.2, 0.25) is 0 Å². The topological polar surface area (TPSA) is 28.7 Å². The van der Waals surface area contributed by atoms with Crippen molar-refractivity contribution in [2.24, 2.45) is 0 Å². The molecule has 0 radical (unpaired) electrons. The maximum atomic E-state index is 6.28. The van der Waals surface area contributed by atoms with E-state index >= 15 is 0 Å². The SMILES string of the molecule is Cc1[nH]c(Cc2ccccc2Cl)nc1-c1cc(Cl)c(Cl)cc1Cl. The molecule has 2 aromatic carbocycles. The lowest BCUT2D eigenvalue weighted by Crippen LogP contribution is -1.91. The van der Waals surface area contributed by atoms with Crippen molar-refractivity contribution >= 4 is 46.4 Å². The minimum atomic E-state index is 0.421. The van der Waals surface area contributed by atoms with Crippen LogP contribution in [0.15, 0.2) is 36.4 Å². The predicted molar refractivity (Wildman–Crippen MR) is 98.0 cm³/mol. The van der Waals surface area contributed by atoms with Crippen LogP contribution in [0.4, 0.5) is 0 Å². The Morgan fingerprint density at radius 2 is 1.61 bits per heavy atom. The third-order valence-electron chi connectivity index (χ3n) is 3.51. The minimum absolute atomic E-state index is 0.421. The second kappa shape index (κ2) is 6.74. The highest BCUT2D eigenvalue weighted by Gasteiger charge is 2.15. The number of hydrogen-bond acceptors (Lipinski definition) is 1. The normalized spacial score (nSPS) is 11.0. The Kier molecular flexibility index (Phi) is 4.88. The summed E-state index contributed by atoms with van der Waals surface area (Å²) in [4.78, 5) is 7.92. The Bertz CT molecular complexity index is 871. The first-order valence-electron chi connectivity index (χ1n) is 6.89. The standard InChI is InChI=1S/C17H12Cl4N2/c1-9-17(11-7-14(20)15(21)8-13(11)19)23-16(22-9)6-10-4-2-3-5-12(10)18/h2-5,7-8H,6H2,1H3,(H,22,23). The van der Waals surface area contributed by atoms with Crippen LogP contribution >= 0.6 is 46.4 Å². The van der Waals surface area contributed by atoms with Crippen LogP contribution in [0.3, 0.4) is 0 Å². The first-order valence-corrected chi connectivity index (χ1v) is 8.40. The van der Waals surface area contributed by atoms with Crippen molar-refractivity contribution in [1.82, 2.24) is 9.97 Å². The molecule has 0 unspecified atom stereocenters. The zero-order chi connectivity index (χ0) is 16.6. The van der Waals surface area contributed by atoms with Crippen molar-refractivity contribution in [1.29, 1.82) is 0 Å². The predicted octanol–water partition coefficient (Wildman–Crippen LogP) is 6.59. The molecule has 2 nitrogen and oxygen atoms in total. The van der Waals surface area contributed by atoms with Crippen LogP contribution in [0.2, 0.25) is 20.1 Å². The van der Waals surface area contributed by atoms with Gasteiger partial charge in [0.1, 0.15) is 5.82 Å². The second-order valence-electron chi connectivity index (χ2n) is 5.17. The van der Waals surface area contributed by atoms with E-state index in [9.17, 15) is 0 Å². The number of halogens is 4. The zero-order valence-corrected chi connectivity index (χ0v) is 15.2. The van der Waals surface area contributed by atoms with Gasteiger partial charge in [-0.15, -0.1) is 0 Å². The third kappa shape index (κ3) is 3.51. The van der Waals surface area contributed by atoms with Crippen LogP contribution in [0.1, 0.15) is 17.1 Å². The van der Waals surface area contributed by atoms with Gasteiger partial charge >= 0.3 is 0 Å². The second-order valence-corrected chi connectivity index (χ2v) is 6.80. The Balaban J connectivity index is 1.99. The molecule has 0 fully saturated rings. The molecule has 0 aliphatic heterocycles. The first-order chi connectivity index (χ1) is 11.0. The highest BCUT2D eigenvalue weighted by Crippen LogP contribution is 2.36. The summed E-state index contributed by atoms with van der Waals surface area (Å²) in [6, 6.07) is 11.1. The summed E-state index contributed by atoms with van der Waals surface area (Å²) in [5, 5.41) is 2.10. The maximum Gasteiger partial charge on any atom is 0.111 e. The lowest BCUT2D eigenvalue weighted by molar-refractivity contribution is 1.02. The van der Waals surface area contributed by atoms with E-state index in [0.29, 0.717) is 21.5 Å². The van der Waals surface area contributed by atoms with E-state index in [2.05, 4.69) is 9.97 Å². The van der Waals surface area contributed by atoms with E-state index in [-0.39, 0.29) is 0 Å². The summed E-state index contributed by atoms with van der Waals surface area (Å²) >= 11 is 24.6. The molecule has 0 amide bonds. The fraction of sp³-hybridized carbons (Fsp3) is 0.118. The van der Waals surface area contributed by atoms with Gasteiger partial charge < -0.3 is 4.98 Å². The van der Waals surface area contributed by atoms with Crippen molar-refractivity contribution in [3.05, 3.63) is 73.6 Å². The number of nitrogens with zero attached hydrogens (tertiary/aromatic N) is 1. The highest BCUT2D eigenvalue weighted by molar-refractivity contribution is 6.44. The van der Waals surface area contributed by atoms with Crippen molar-refractivity contribution < 1.29 is 0 Å². The summed E-state index contributed by atoms with van der Waals surface area (Å²) in [5.74, 6) is 0.813. The fourth-order valence-corrected chi connectivity index (χ4v) is 3.23.